The first-order chi connectivity index (χ1) is 13.0. The maximum Gasteiger partial charge on any atom is 0.233 e. The fourth-order valence-corrected chi connectivity index (χ4v) is 4.01. The number of carbonyl (C=O) groups is 1. The third-order valence-corrected chi connectivity index (χ3v) is 6.17. The first-order valence-electron chi connectivity index (χ1n) is 8.22. The van der Waals surface area contributed by atoms with Crippen molar-refractivity contribution in [1.82, 2.24) is 19.7 Å². The molecule has 27 heavy (non-hydrogen) atoms. The summed E-state index contributed by atoms with van der Waals surface area (Å²) in [6.45, 7) is 0.546. The summed E-state index contributed by atoms with van der Waals surface area (Å²) in [6, 6.07) is 15.4. The molecule has 0 saturated heterocycles. The van der Waals surface area contributed by atoms with Crippen LogP contribution in [0, 0.1) is 0 Å². The van der Waals surface area contributed by atoms with Crippen molar-refractivity contribution in [2.45, 2.75) is 11.7 Å². The summed E-state index contributed by atoms with van der Waals surface area (Å²) in [6.07, 6.45) is 0. The van der Waals surface area contributed by atoms with Crippen molar-refractivity contribution < 1.29 is 4.79 Å². The average Bonchev–Trinajstić information content (AvgIpc) is 3.02. The Balaban J connectivity index is 1.64. The SMILES string of the molecule is CN(Cc1ccccc1Br)C(=O)CSc1nnc(-c2ccccc2Cl)n1C. The number of carbonyl (C=O) groups excluding carboxylic acids is 1. The van der Waals surface area contributed by atoms with Crippen LogP contribution < -0.4 is 0 Å². The van der Waals surface area contributed by atoms with Gasteiger partial charge < -0.3 is 9.47 Å². The number of amides is 1. The highest BCUT2D eigenvalue weighted by molar-refractivity contribution is 9.10. The molecule has 0 aliphatic carbocycles. The van der Waals surface area contributed by atoms with E-state index < -0.39 is 0 Å². The number of nitrogens with zero attached hydrogens (tertiary/aromatic N) is 4. The number of benzene rings is 2. The zero-order chi connectivity index (χ0) is 19.4. The van der Waals surface area contributed by atoms with Gasteiger partial charge in [-0.05, 0) is 23.8 Å². The van der Waals surface area contributed by atoms with E-state index in [1.54, 1.807) is 11.9 Å². The van der Waals surface area contributed by atoms with E-state index in [9.17, 15) is 4.79 Å². The fraction of sp³-hybridized carbons (Fsp3) is 0.211. The average molecular weight is 466 g/mol. The normalized spacial score (nSPS) is 10.8. The molecule has 5 nitrogen and oxygen atoms in total. The predicted octanol–water partition coefficient (Wildman–Crippen LogP) is 4.65. The molecule has 2 aromatic carbocycles. The molecule has 0 aliphatic rings. The van der Waals surface area contributed by atoms with Gasteiger partial charge in [-0.2, -0.15) is 0 Å². The van der Waals surface area contributed by atoms with Crippen molar-refractivity contribution in [2.24, 2.45) is 7.05 Å². The van der Waals surface area contributed by atoms with Crippen LogP contribution in [0.1, 0.15) is 5.56 Å². The van der Waals surface area contributed by atoms with Gasteiger partial charge in [0, 0.05) is 30.7 Å². The lowest BCUT2D eigenvalue weighted by atomic mass is 10.2. The van der Waals surface area contributed by atoms with Crippen molar-refractivity contribution >= 4 is 45.2 Å². The van der Waals surface area contributed by atoms with Crippen LogP contribution in [-0.2, 0) is 18.4 Å². The topological polar surface area (TPSA) is 51.0 Å². The standard InChI is InChI=1S/C19H18BrClN4OS/c1-24(11-13-7-3-5-9-15(13)20)17(26)12-27-19-23-22-18(25(19)2)14-8-4-6-10-16(14)21/h3-10H,11-12H2,1-2H3. The molecule has 0 unspecified atom stereocenters. The molecule has 8 heteroatoms. The molecule has 0 fully saturated rings. The van der Waals surface area contributed by atoms with Crippen LogP contribution in [0.5, 0.6) is 0 Å². The summed E-state index contributed by atoms with van der Waals surface area (Å²) >= 11 is 11.1. The van der Waals surface area contributed by atoms with Crippen LogP contribution >= 0.6 is 39.3 Å². The summed E-state index contributed by atoms with van der Waals surface area (Å²) < 4.78 is 2.85. The third kappa shape index (κ3) is 4.72. The van der Waals surface area contributed by atoms with Gasteiger partial charge in [-0.15, -0.1) is 10.2 Å². The van der Waals surface area contributed by atoms with E-state index in [0.717, 1.165) is 15.6 Å². The molecule has 0 N–H and O–H groups in total. The molecular weight excluding hydrogens is 448 g/mol. The first kappa shape index (κ1) is 19.9. The second kappa shape index (κ2) is 8.91. The lowest BCUT2D eigenvalue weighted by Crippen LogP contribution is -2.28. The monoisotopic (exact) mass is 464 g/mol. The summed E-state index contributed by atoms with van der Waals surface area (Å²) in [5.74, 6) is 0.991. The number of halogens is 2. The third-order valence-electron chi connectivity index (χ3n) is 4.07. The molecule has 0 radical (unpaired) electrons. The molecule has 0 bridgehead atoms. The Labute approximate surface area is 175 Å². The van der Waals surface area contributed by atoms with E-state index >= 15 is 0 Å². The highest BCUT2D eigenvalue weighted by atomic mass is 79.9. The molecule has 0 aliphatic heterocycles. The van der Waals surface area contributed by atoms with Gasteiger partial charge in [-0.25, -0.2) is 0 Å². The molecule has 1 aromatic heterocycles. The van der Waals surface area contributed by atoms with Crippen LogP contribution in [0.3, 0.4) is 0 Å². The predicted molar refractivity (Wildman–Crippen MR) is 113 cm³/mol. The molecule has 1 amide bonds. The van der Waals surface area contributed by atoms with Crippen molar-refractivity contribution in [3.05, 3.63) is 63.6 Å². The zero-order valence-corrected chi connectivity index (χ0v) is 18.1. The van der Waals surface area contributed by atoms with Crippen molar-refractivity contribution in [3.8, 4) is 11.4 Å². The van der Waals surface area contributed by atoms with Crippen LogP contribution in [0.2, 0.25) is 5.02 Å². The van der Waals surface area contributed by atoms with Crippen LogP contribution in [-0.4, -0.2) is 38.4 Å². The molecule has 0 atom stereocenters. The minimum atomic E-state index is 0.0260. The summed E-state index contributed by atoms with van der Waals surface area (Å²) in [7, 11) is 3.67. The summed E-state index contributed by atoms with van der Waals surface area (Å²) in [5.41, 5.74) is 1.89. The number of rotatable bonds is 6. The number of thioether (sulfide) groups is 1. The molecule has 3 aromatic rings. The van der Waals surface area contributed by atoms with Gasteiger partial charge >= 0.3 is 0 Å². The quantitative estimate of drug-likeness (QED) is 0.497. The van der Waals surface area contributed by atoms with Crippen LogP contribution in [0.25, 0.3) is 11.4 Å². The number of aromatic nitrogens is 3. The minimum absolute atomic E-state index is 0.0260. The summed E-state index contributed by atoms with van der Waals surface area (Å²) in [5, 5.41) is 9.72. The summed E-state index contributed by atoms with van der Waals surface area (Å²) in [4.78, 5) is 14.2. The van der Waals surface area contributed by atoms with Crippen LogP contribution in [0.4, 0.5) is 0 Å². The van der Waals surface area contributed by atoms with Crippen LogP contribution in [0.15, 0.2) is 58.2 Å². The van der Waals surface area contributed by atoms with E-state index in [4.69, 9.17) is 11.6 Å². The Bertz CT molecular complexity index is 962. The maximum atomic E-state index is 12.5. The Morgan fingerprint density at radius 3 is 2.63 bits per heavy atom. The van der Waals surface area contributed by atoms with E-state index in [0.29, 0.717) is 22.5 Å². The second-order valence-corrected chi connectivity index (χ2v) is 8.18. The number of hydrogen-bond donors (Lipinski definition) is 0. The van der Waals surface area contributed by atoms with Gasteiger partial charge in [0.1, 0.15) is 0 Å². The highest BCUT2D eigenvalue weighted by Crippen LogP contribution is 2.28. The molecule has 3 rings (SSSR count). The first-order valence-corrected chi connectivity index (χ1v) is 10.4. The van der Waals surface area contributed by atoms with Gasteiger partial charge in [0.25, 0.3) is 0 Å². The molecule has 0 spiro atoms. The Morgan fingerprint density at radius 2 is 1.89 bits per heavy atom. The largest absolute Gasteiger partial charge is 0.341 e. The van der Waals surface area contributed by atoms with E-state index in [2.05, 4.69) is 26.1 Å². The Kier molecular flexibility index (Phi) is 6.57. The molecule has 140 valence electrons. The molecule has 0 saturated carbocycles. The zero-order valence-electron chi connectivity index (χ0n) is 14.9. The van der Waals surface area contributed by atoms with Crippen molar-refractivity contribution in [1.29, 1.82) is 0 Å². The van der Waals surface area contributed by atoms with Gasteiger partial charge in [-0.3, -0.25) is 4.79 Å². The minimum Gasteiger partial charge on any atom is -0.341 e. The van der Waals surface area contributed by atoms with Crippen molar-refractivity contribution in [2.75, 3.05) is 12.8 Å². The van der Waals surface area contributed by atoms with E-state index in [1.165, 1.54) is 11.8 Å². The van der Waals surface area contributed by atoms with E-state index in [1.807, 2.05) is 60.1 Å². The fourth-order valence-electron chi connectivity index (χ4n) is 2.52. The highest BCUT2D eigenvalue weighted by Gasteiger charge is 2.16. The number of hydrogen-bond acceptors (Lipinski definition) is 4. The Morgan fingerprint density at radius 1 is 1.19 bits per heavy atom. The maximum absolute atomic E-state index is 12.5. The van der Waals surface area contributed by atoms with Gasteiger partial charge in [0.2, 0.25) is 5.91 Å². The Hall–Kier alpha value is -1.83. The van der Waals surface area contributed by atoms with Gasteiger partial charge in [-0.1, -0.05) is 69.6 Å². The van der Waals surface area contributed by atoms with Gasteiger partial charge in [0.05, 0.1) is 10.8 Å². The van der Waals surface area contributed by atoms with Gasteiger partial charge in [0.15, 0.2) is 11.0 Å². The van der Waals surface area contributed by atoms with Crippen molar-refractivity contribution in [3.63, 3.8) is 0 Å². The lowest BCUT2D eigenvalue weighted by molar-refractivity contribution is -0.127. The molecule has 1 heterocycles. The molecular formula is C19H18BrClN4OS. The van der Waals surface area contributed by atoms with E-state index in [-0.39, 0.29) is 11.7 Å². The lowest BCUT2D eigenvalue weighted by Gasteiger charge is -2.17. The smallest absolute Gasteiger partial charge is 0.233 e. The second-order valence-electron chi connectivity index (χ2n) is 5.97.